The highest BCUT2D eigenvalue weighted by Gasteiger charge is 2.31. The summed E-state index contributed by atoms with van der Waals surface area (Å²) >= 11 is 0. The van der Waals surface area contributed by atoms with Crippen LogP contribution in [-0.2, 0) is 12.4 Å². The molecule has 0 aliphatic carbocycles. The smallest absolute Gasteiger partial charge is 0.416 e. The molecule has 8 N–H and O–H groups in total. The molecule has 0 aliphatic rings. The molecule has 17 nitrogen and oxygen atoms in total. The third-order valence-electron chi connectivity index (χ3n) is 8.90. The molecule has 0 aliphatic heterocycles. The third kappa shape index (κ3) is 12.6. The normalized spacial score (nSPS) is 11.0. The van der Waals surface area contributed by atoms with Gasteiger partial charge in [0.25, 0.3) is 17.7 Å². The monoisotopic (exact) mass is 928 g/mol. The van der Waals surface area contributed by atoms with Crippen molar-refractivity contribution in [1.29, 1.82) is 0 Å². The summed E-state index contributed by atoms with van der Waals surface area (Å²) < 4.78 is 86.7. The Morgan fingerprint density at radius 2 is 1.04 bits per heavy atom. The molecule has 4 aromatic carbocycles. The highest BCUT2D eigenvalue weighted by Crippen LogP contribution is 2.32. The molecule has 344 valence electrons. The number of anilines is 2. The van der Waals surface area contributed by atoms with Gasteiger partial charge in [0.2, 0.25) is 5.95 Å². The van der Waals surface area contributed by atoms with Crippen LogP contribution in [0.15, 0.2) is 122 Å². The summed E-state index contributed by atoms with van der Waals surface area (Å²) in [6.45, 7) is 0. The molecule has 4 aromatic heterocycles. The lowest BCUT2D eigenvalue weighted by Gasteiger charge is -2.08. The molecule has 0 unspecified atom stereocenters. The van der Waals surface area contributed by atoms with Gasteiger partial charge in [-0.3, -0.25) is 29.7 Å². The van der Waals surface area contributed by atoms with Gasteiger partial charge in [-0.15, -0.1) is 0 Å². The van der Waals surface area contributed by atoms with E-state index in [2.05, 4.69) is 45.9 Å². The molecule has 0 radical (unpaired) electrons. The van der Waals surface area contributed by atoms with Gasteiger partial charge < -0.3 is 40.9 Å². The van der Waals surface area contributed by atoms with Gasteiger partial charge >= 0.3 is 18.3 Å². The molecule has 0 spiro atoms. The summed E-state index contributed by atoms with van der Waals surface area (Å²) in [6, 6.07) is 24.7. The molecule has 4 heterocycles. The average molecular weight is 929 g/mol. The number of imidazole rings is 2. The minimum Gasteiger partial charge on any atom is -0.478 e. The van der Waals surface area contributed by atoms with Crippen molar-refractivity contribution in [2.24, 2.45) is 0 Å². The maximum Gasteiger partial charge on any atom is 0.416 e. The van der Waals surface area contributed by atoms with E-state index in [1.54, 1.807) is 36.4 Å². The fraction of sp³-hybridized carbons (Fsp3) is 0.0909. The van der Waals surface area contributed by atoms with Crippen LogP contribution in [0.5, 0.6) is 23.0 Å². The first kappa shape index (κ1) is 47.5. The quantitative estimate of drug-likeness (QED) is 0.0673. The zero-order valence-electron chi connectivity index (χ0n) is 34.6. The topological polar surface area (TPSA) is 252 Å². The number of carbonyl (C=O) groups is 4. The van der Waals surface area contributed by atoms with Gasteiger partial charge in [0.05, 0.1) is 38.8 Å². The van der Waals surface area contributed by atoms with Gasteiger partial charge in [0.1, 0.15) is 34.4 Å². The number of carboxylic acid groups (broad SMARTS) is 1. The summed E-state index contributed by atoms with van der Waals surface area (Å²) in [6.07, 6.45) is -5.96. The number of aromatic amines is 2. The maximum absolute atomic E-state index is 12.9. The number of aromatic carboxylic acids is 1. The van der Waals surface area contributed by atoms with E-state index in [0.29, 0.717) is 28.5 Å². The number of ether oxygens (including phenoxy) is 2. The maximum atomic E-state index is 12.9. The Labute approximate surface area is 373 Å². The molecule has 0 saturated carbocycles. The van der Waals surface area contributed by atoms with Crippen molar-refractivity contribution in [2.45, 2.75) is 12.4 Å². The number of carbonyl (C=O) groups excluding carboxylic acids is 3. The zero-order valence-corrected chi connectivity index (χ0v) is 34.6. The number of alkyl halides is 6. The average Bonchev–Trinajstić information content (AvgIpc) is 3.89. The van der Waals surface area contributed by atoms with Crippen LogP contribution in [0.2, 0.25) is 0 Å². The first-order chi connectivity index (χ1) is 31.8. The van der Waals surface area contributed by atoms with Gasteiger partial charge in [-0.25, -0.2) is 14.8 Å². The molecule has 0 atom stereocenters. The Bertz CT molecular complexity index is 3100. The van der Waals surface area contributed by atoms with Crippen molar-refractivity contribution in [1.82, 2.24) is 40.5 Å². The summed E-state index contributed by atoms with van der Waals surface area (Å²) in [4.78, 5) is 67.6. The van der Waals surface area contributed by atoms with Gasteiger partial charge in [0.15, 0.2) is 5.95 Å². The summed E-state index contributed by atoms with van der Waals surface area (Å²) in [5.41, 5.74) is 5.64. The molecular weight excluding hydrogens is 895 g/mol. The number of carboxylic acids is 1. The van der Waals surface area contributed by atoms with Crippen LogP contribution in [0.25, 0.3) is 22.1 Å². The van der Waals surface area contributed by atoms with Gasteiger partial charge in [-0.2, -0.15) is 26.3 Å². The highest BCUT2D eigenvalue weighted by molar-refractivity contribution is 6.04. The van der Waals surface area contributed by atoms with Crippen LogP contribution in [0, 0.1) is 0 Å². The van der Waals surface area contributed by atoms with Crippen molar-refractivity contribution in [3.8, 4) is 23.0 Å². The molecule has 0 saturated heterocycles. The second kappa shape index (κ2) is 20.2. The standard InChI is InChI=1S/C22H16F3N5O3.C14H12N2O4.C8H6F3N3/c1-26-20(32)18-11-15(7-8-27-18)33-14-4-2-3-12(9-14)19(31)30-21-28-16-6-5-13(22(23,24)25)10-17(16)29-21;1-15-13(17)12-8-11(5-6-16-12)20-10-4-2-3-9(7-10)14(18)19;9-8(10,11)4-1-2-5-6(3-4)14-7(12)13-5/h2-11H,1H3,(H,26,32)(H2,28,29,30,31);2-8H,1H3,(H,15,17)(H,18,19);1-3H,(H3,12,13,14). The zero-order chi connectivity index (χ0) is 48.5. The number of halogens is 6. The molecule has 0 fully saturated rings. The van der Waals surface area contributed by atoms with Crippen LogP contribution in [0.3, 0.4) is 0 Å². The highest BCUT2D eigenvalue weighted by atomic mass is 19.4. The molecular formula is C44H34F6N10O7. The van der Waals surface area contributed by atoms with E-state index in [1.807, 2.05) is 0 Å². The van der Waals surface area contributed by atoms with Crippen molar-refractivity contribution < 1.29 is 60.1 Å². The first-order valence-corrected chi connectivity index (χ1v) is 19.2. The largest absolute Gasteiger partial charge is 0.478 e. The van der Waals surface area contributed by atoms with E-state index in [4.69, 9.17) is 20.3 Å². The number of H-pyrrole nitrogens is 2. The lowest BCUT2D eigenvalue weighted by molar-refractivity contribution is -0.138. The minimum absolute atomic E-state index is 0.00463. The van der Waals surface area contributed by atoms with E-state index in [1.165, 1.54) is 75.0 Å². The lowest BCUT2D eigenvalue weighted by atomic mass is 10.2. The van der Waals surface area contributed by atoms with Gasteiger partial charge in [0, 0.05) is 44.2 Å². The van der Waals surface area contributed by atoms with E-state index < -0.39 is 35.4 Å². The Morgan fingerprint density at radius 1 is 0.582 bits per heavy atom. The molecule has 8 rings (SSSR count). The van der Waals surface area contributed by atoms with Crippen LogP contribution in [0.1, 0.15) is 52.8 Å². The number of amides is 3. The Kier molecular flexibility index (Phi) is 14.3. The number of nitrogen functional groups attached to an aromatic ring is 1. The lowest BCUT2D eigenvalue weighted by Crippen LogP contribution is -2.18. The minimum atomic E-state index is -4.49. The number of nitrogens with zero attached hydrogens (tertiary/aromatic N) is 4. The second-order valence-electron chi connectivity index (χ2n) is 13.6. The van der Waals surface area contributed by atoms with E-state index in [0.717, 1.165) is 24.3 Å². The third-order valence-corrected chi connectivity index (χ3v) is 8.90. The summed E-state index contributed by atoms with van der Waals surface area (Å²) in [5.74, 6) is -0.705. The number of pyridine rings is 2. The van der Waals surface area contributed by atoms with Crippen LogP contribution < -0.4 is 31.2 Å². The molecule has 0 bridgehead atoms. The summed E-state index contributed by atoms with van der Waals surface area (Å²) in [5, 5.41) is 16.4. The Hall–Kier alpha value is -9.02. The number of aromatic nitrogens is 6. The Morgan fingerprint density at radius 3 is 1.54 bits per heavy atom. The van der Waals surface area contributed by atoms with E-state index in [9.17, 15) is 45.5 Å². The van der Waals surface area contributed by atoms with Crippen molar-refractivity contribution in [2.75, 3.05) is 25.1 Å². The predicted octanol–water partition coefficient (Wildman–Crippen LogP) is 8.48. The van der Waals surface area contributed by atoms with Gasteiger partial charge in [-0.05, 0) is 84.9 Å². The number of hydrogen-bond donors (Lipinski definition) is 7. The van der Waals surface area contributed by atoms with Crippen LogP contribution in [-0.4, -0.2) is 72.8 Å². The number of nitrogens with one attached hydrogen (secondary N) is 5. The van der Waals surface area contributed by atoms with Crippen molar-refractivity contribution >= 4 is 57.7 Å². The number of rotatable bonds is 9. The Balaban J connectivity index is 0.000000184. The molecule has 8 aromatic rings. The van der Waals surface area contributed by atoms with Crippen molar-refractivity contribution in [3.05, 3.63) is 155 Å². The second-order valence-corrected chi connectivity index (χ2v) is 13.6. The molecule has 3 amide bonds. The van der Waals surface area contributed by atoms with Crippen molar-refractivity contribution in [3.63, 3.8) is 0 Å². The summed E-state index contributed by atoms with van der Waals surface area (Å²) in [7, 11) is 2.99. The fourth-order valence-corrected chi connectivity index (χ4v) is 5.75. The number of hydrogen-bond acceptors (Lipinski definition) is 11. The molecule has 67 heavy (non-hydrogen) atoms. The van der Waals surface area contributed by atoms with Crippen LogP contribution >= 0.6 is 0 Å². The SMILES string of the molecule is CNC(=O)c1cc(Oc2cccc(C(=O)Nc3nc4ccc(C(F)(F)F)cc4[nH]3)c2)ccn1.CNC(=O)c1cc(Oc2cccc(C(=O)O)c2)ccn1.Nc1nc2ccc(C(F)(F)F)cc2[nH]1. The molecule has 23 heteroatoms. The number of fused-ring (bicyclic) bond motifs is 2. The first-order valence-electron chi connectivity index (χ1n) is 19.2. The predicted molar refractivity (Wildman–Crippen MR) is 230 cm³/mol. The van der Waals surface area contributed by atoms with Gasteiger partial charge in [-0.1, -0.05) is 12.1 Å². The van der Waals surface area contributed by atoms with E-state index in [-0.39, 0.29) is 62.8 Å². The number of nitrogens with two attached hydrogens (primary N) is 1. The fourth-order valence-electron chi connectivity index (χ4n) is 5.75. The van der Waals surface area contributed by atoms with E-state index >= 15 is 0 Å². The number of benzene rings is 4. The van der Waals surface area contributed by atoms with Crippen LogP contribution in [0.4, 0.5) is 38.2 Å².